The van der Waals surface area contributed by atoms with Crippen LogP contribution in [0, 0.1) is 0 Å². The van der Waals surface area contributed by atoms with E-state index in [1.807, 2.05) is 12.1 Å². The number of nitrogens with one attached hydrogen (secondary N) is 1. The molecule has 0 amide bonds. The van der Waals surface area contributed by atoms with E-state index < -0.39 is 0 Å². The lowest BCUT2D eigenvalue weighted by molar-refractivity contribution is 0.418. The van der Waals surface area contributed by atoms with Gasteiger partial charge >= 0.3 is 0 Å². The summed E-state index contributed by atoms with van der Waals surface area (Å²) in [6, 6.07) is 3.62. The number of rotatable bonds is 5. The summed E-state index contributed by atoms with van der Waals surface area (Å²) in [5.74, 6) is 0.705. The number of hydrogen-bond donors (Lipinski definition) is 2. The molecule has 0 aromatic carbocycles. The van der Waals surface area contributed by atoms with Crippen molar-refractivity contribution in [1.82, 2.24) is 4.98 Å². The van der Waals surface area contributed by atoms with Crippen molar-refractivity contribution in [2.24, 2.45) is 5.73 Å². The molecule has 0 bridgehead atoms. The van der Waals surface area contributed by atoms with Gasteiger partial charge in [-0.1, -0.05) is 25.4 Å². The fourth-order valence-corrected chi connectivity index (χ4v) is 1.46. The molecule has 84 valence electrons. The largest absolute Gasteiger partial charge is 0.367 e. The van der Waals surface area contributed by atoms with Gasteiger partial charge in [-0.15, -0.1) is 0 Å². The van der Waals surface area contributed by atoms with Crippen molar-refractivity contribution >= 4 is 17.4 Å². The van der Waals surface area contributed by atoms with Crippen LogP contribution in [0.2, 0.25) is 5.02 Å². The van der Waals surface area contributed by atoms with Crippen molar-refractivity contribution in [3.63, 3.8) is 0 Å². The summed E-state index contributed by atoms with van der Waals surface area (Å²) in [5, 5.41) is 3.82. The average Bonchev–Trinajstić information content (AvgIpc) is 2.28. The van der Waals surface area contributed by atoms with Gasteiger partial charge in [-0.3, -0.25) is 0 Å². The van der Waals surface area contributed by atoms with Crippen molar-refractivity contribution in [2.45, 2.75) is 32.2 Å². The summed E-state index contributed by atoms with van der Waals surface area (Å²) < 4.78 is 0. The summed E-state index contributed by atoms with van der Waals surface area (Å²) >= 11 is 5.97. The zero-order chi connectivity index (χ0) is 11.3. The fourth-order valence-electron chi connectivity index (χ4n) is 1.28. The van der Waals surface area contributed by atoms with E-state index in [1.165, 1.54) is 0 Å². The van der Waals surface area contributed by atoms with Crippen molar-refractivity contribution in [2.75, 3.05) is 11.9 Å². The highest BCUT2D eigenvalue weighted by atomic mass is 35.5. The van der Waals surface area contributed by atoms with Crippen LogP contribution in [0.3, 0.4) is 0 Å². The zero-order valence-electron chi connectivity index (χ0n) is 9.26. The molecular weight excluding hydrogens is 210 g/mol. The Bertz CT molecular complexity index is 310. The maximum Gasteiger partial charge on any atom is 0.144 e. The lowest BCUT2D eigenvalue weighted by atomic mass is 9.94. The van der Waals surface area contributed by atoms with Crippen molar-refractivity contribution < 1.29 is 0 Å². The quantitative estimate of drug-likeness (QED) is 0.813. The molecule has 0 aliphatic heterocycles. The number of nitrogens with zero attached hydrogens (tertiary/aromatic N) is 1. The highest BCUT2D eigenvalue weighted by Crippen LogP contribution is 2.19. The molecule has 0 saturated heterocycles. The predicted molar refractivity (Wildman–Crippen MR) is 65.2 cm³/mol. The van der Waals surface area contributed by atoms with Crippen LogP contribution in [0.5, 0.6) is 0 Å². The van der Waals surface area contributed by atoms with E-state index in [4.69, 9.17) is 17.3 Å². The Labute approximate surface area is 96.0 Å². The number of hydrogen-bond acceptors (Lipinski definition) is 3. The standard InChI is InChI=1S/C11H18ClN3/c1-3-11(13,4-2)8-15-10-9(12)6-5-7-14-10/h5-7H,3-4,8,13H2,1-2H3,(H,14,15). The van der Waals surface area contributed by atoms with Crippen LogP contribution >= 0.6 is 11.6 Å². The Balaban J connectivity index is 2.61. The molecule has 0 fully saturated rings. The number of nitrogens with two attached hydrogens (primary N) is 1. The molecule has 0 radical (unpaired) electrons. The first-order valence-electron chi connectivity index (χ1n) is 5.24. The summed E-state index contributed by atoms with van der Waals surface area (Å²) in [4.78, 5) is 4.15. The molecule has 0 atom stereocenters. The minimum absolute atomic E-state index is 0.180. The summed E-state index contributed by atoms with van der Waals surface area (Å²) in [7, 11) is 0. The van der Waals surface area contributed by atoms with Gasteiger partial charge in [0.15, 0.2) is 0 Å². The molecule has 4 heteroatoms. The van der Waals surface area contributed by atoms with Gasteiger partial charge < -0.3 is 11.1 Å². The normalized spacial score (nSPS) is 11.5. The van der Waals surface area contributed by atoms with Crippen LogP contribution in [-0.2, 0) is 0 Å². The van der Waals surface area contributed by atoms with Crippen molar-refractivity contribution in [3.05, 3.63) is 23.4 Å². The molecule has 1 aromatic heterocycles. The molecule has 15 heavy (non-hydrogen) atoms. The molecule has 0 aliphatic carbocycles. The number of halogens is 1. The minimum atomic E-state index is -0.180. The third-order valence-electron chi connectivity index (χ3n) is 2.77. The summed E-state index contributed by atoms with van der Waals surface area (Å²) in [6.45, 7) is 4.87. The van der Waals surface area contributed by atoms with Gasteiger partial charge in [0.2, 0.25) is 0 Å². The predicted octanol–water partition coefficient (Wildman–Crippen LogP) is 2.66. The second-order valence-corrected chi connectivity index (χ2v) is 4.16. The Morgan fingerprint density at radius 2 is 2.13 bits per heavy atom. The first-order chi connectivity index (χ1) is 7.11. The molecule has 3 nitrogen and oxygen atoms in total. The Hall–Kier alpha value is -0.800. The van der Waals surface area contributed by atoms with E-state index in [9.17, 15) is 0 Å². The first kappa shape index (κ1) is 12.3. The van der Waals surface area contributed by atoms with Crippen LogP contribution in [0.25, 0.3) is 0 Å². The van der Waals surface area contributed by atoms with E-state index in [1.54, 1.807) is 6.20 Å². The van der Waals surface area contributed by atoms with Crippen molar-refractivity contribution in [3.8, 4) is 0 Å². The van der Waals surface area contributed by atoms with Gasteiger partial charge in [-0.2, -0.15) is 0 Å². The van der Waals surface area contributed by atoms with Gasteiger partial charge in [0.25, 0.3) is 0 Å². The SMILES string of the molecule is CCC(N)(CC)CNc1ncccc1Cl. The zero-order valence-corrected chi connectivity index (χ0v) is 10.0. The van der Waals surface area contributed by atoms with Crippen LogP contribution in [0.1, 0.15) is 26.7 Å². The van der Waals surface area contributed by atoms with Gasteiger partial charge in [-0.25, -0.2) is 4.98 Å². The molecule has 1 heterocycles. The third kappa shape index (κ3) is 3.36. The molecule has 0 spiro atoms. The number of anilines is 1. The Morgan fingerprint density at radius 1 is 1.47 bits per heavy atom. The molecule has 1 aromatic rings. The minimum Gasteiger partial charge on any atom is -0.367 e. The maximum atomic E-state index is 6.16. The van der Waals surface area contributed by atoms with Crippen LogP contribution in [0.15, 0.2) is 18.3 Å². The summed E-state index contributed by atoms with van der Waals surface area (Å²) in [6.07, 6.45) is 3.58. The monoisotopic (exact) mass is 227 g/mol. The van der Waals surface area contributed by atoms with Gasteiger partial charge in [0.05, 0.1) is 5.02 Å². The van der Waals surface area contributed by atoms with Gasteiger partial charge in [-0.05, 0) is 25.0 Å². The van der Waals surface area contributed by atoms with E-state index in [-0.39, 0.29) is 5.54 Å². The van der Waals surface area contributed by atoms with E-state index >= 15 is 0 Å². The molecule has 0 saturated carbocycles. The Kier molecular flexibility index (Phi) is 4.36. The van der Waals surface area contributed by atoms with Gasteiger partial charge in [0.1, 0.15) is 5.82 Å². The first-order valence-corrected chi connectivity index (χ1v) is 5.62. The lowest BCUT2D eigenvalue weighted by Gasteiger charge is -2.27. The number of aromatic nitrogens is 1. The summed E-state index contributed by atoms with van der Waals surface area (Å²) in [5.41, 5.74) is 5.98. The maximum absolute atomic E-state index is 6.16. The fraction of sp³-hybridized carbons (Fsp3) is 0.545. The molecular formula is C11H18ClN3. The van der Waals surface area contributed by atoms with E-state index in [0.29, 0.717) is 17.4 Å². The molecule has 3 N–H and O–H groups in total. The van der Waals surface area contributed by atoms with E-state index in [2.05, 4.69) is 24.1 Å². The molecule has 1 rings (SSSR count). The molecule has 0 aliphatic rings. The third-order valence-corrected chi connectivity index (χ3v) is 3.08. The van der Waals surface area contributed by atoms with Crippen LogP contribution < -0.4 is 11.1 Å². The van der Waals surface area contributed by atoms with Gasteiger partial charge in [0, 0.05) is 18.3 Å². The highest BCUT2D eigenvalue weighted by Gasteiger charge is 2.20. The highest BCUT2D eigenvalue weighted by molar-refractivity contribution is 6.32. The smallest absolute Gasteiger partial charge is 0.144 e. The van der Waals surface area contributed by atoms with E-state index in [0.717, 1.165) is 12.8 Å². The topological polar surface area (TPSA) is 50.9 Å². The van der Waals surface area contributed by atoms with Crippen molar-refractivity contribution in [1.29, 1.82) is 0 Å². The number of pyridine rings is 1. The Morgan fingerprint density at radius 3 is 2.67 bits per heavy atom. The second kappa shape index (κ2) is 5.33. The lowest BCUT2D eigenvalue weighted by Crippen LogP contribution is -2.45. The second-order valence-electron chi connectivity index (χ2n) is 3.76. The van der Waals surface area contributed by atoms with Crippen LogP contribution in [0.4, 0.5) is 5.82 Å². The average molecular weight is 228 g/mol. The molecule has 0 unspecified atom stereocenters. The van der Waals surface area contributed by atoms with Crippen LogP contribution in [-0.4, -0.2) is 17.1 Å².